The first-order valence-electron chi connectivity index (χ1n) is 4.61. The van der Waals surface area contributed by atoms with E-state index in [1.807, 2.05) is 25.1 Å². The normalized spacial score (nSPS) is 11.2. The van der Waals surface area contributed by atoms with Gasteiger partial charge in [-0.2, -0.15) is 5.26 Å². The largest absolute Gasteiger partial charge is 0.368 e. The number of benzene rings is 1. The Morgan fingerprint density at radius 3 is 2.81 bits per heavy atom. The van der Waals surface area contributed by atoms with Gasteiger partial charge in [0.05, 0.1) is 6.07 Å². The van der Waals surface area contributed by atoms with Crippen LogP contribution in [0.1, 0.15) is 5.56 Å². The number of nitrogens with one attached hydrogen (secondary N) is 1. The highest BCUT2D eigenvalue weighted by Crippen LogP contribution is 2.11. The fraction of sp³-hybridized carbons (Fsp3) is 0.182. The molecule has 0 aromatic heterocycles. The molecule has 0 aliphatic carbocycles. The number of hydrogen-bond donors (Lipinski definition) is 2. The zero-order valence-electron chi connectivity index (χ0n) is 8.73. The predicted molar refractivity (Wildman–Crippen MR) is 65.7 cm³/mol. The van der Waals surface area contributed by atoms with Gasteiger partial charge in [0.2, 0.25) is 5.91 Å². The van der Waals surface area contributed by atoms with E-state index in [0.29, 0.717) is 0 Å². The molecule has 0 fully saturated rings. The second-order valence-corrected chi connectivity index (χ2v) is 3.76. The van der Waals surface area contributed by atoms with Gasteiger partial charge >= 0.3 is 0 Å². The summed E-state index contributed by atoms with van der Waals surface area (Å²) >= 11 is 4.94. The SMILES string of the molecule is Cc1cccc(NC(=S)C(C#N)C(N)=O)c1. The van der Waals surface area contributed by atoms with Crippen molar-refractivity contribution in [2.45, 2.75) is 6.92 Å². The van der Waals surface area contributed by atoms with Crippen molar-refractivity contribution in [2.24, 2.45) is 11.7 Å². The number of nitriles is 1. The molecule has 0 saturated carbocycles. The van der Waals surface area contributed by atoms with Gasteiger partial charge in [-0.1, -0.05) is 24.4 Å². The summed E-state index contributed by atoms with van der Waals surface area (Å²) in [6.45, 7) is 1.93. The fourth-order valence-corrected chi connectivity index (χ4v) is 1.48. The van der Waals surface area contributed by atoms with Gasteiger partial charge in [-0.15, -0.1) is 0 Å². The lowest BCUT2D eigenvalue weighted by Crippen LogP contribution is -2.32. The minimum absolute atomic E-state index is 0.126. The van der Waals surface area contributed by atoms with Gasteiger partial charge in [0.1, 0.15) is 4.99 Å². The van der Waals surface area contributed by atoms with Crippen LogP contribution < -0.4 is 11.1 Å². The second-order valence-electron chi connectivity index (χ2n) is 3.32. The molecule has 1 aromatic carbocycles. The number of aryl methyl sites for hydroxylation is 1. The van der Waals surface area contributed by atoms with E-state index < -0.39 is 11.8 Å². The lowest BCUT2D eigenvalue weighted by molar-refractivity contribution is -0.118. The number of hydrogen-bond acceptors (Lipinski definition) is 3. The molecule has 1 atom stereocenters. The lowest BCUT2D eigenvalue weighted by Gasteiger charge is -2.10. The molecule has 1 amide bonds. The summed E-state index contributed by atoms with van der Waals surface area (Å²) in [6, 6.07) is 9.21. The van der Waals surface area contributed by atoms with Crippen molar-refractivity contribution in [2.75, 3.05) is 5.32 Å². The zero-order chi connectivity index (χ0) is 12.1. The molecule has 82 valence electrons. The molecular formula is C11H11N3OS. The third kappa shape index (κ3) is 3.04. The van der Waals surface area contributed by atoms with Gasteiger partial charge in [-0.25, -0.2) is 0 Å². The van der Waals surface area contributed by atoms with Crippen LogP contribution in [-0.2, 0) is 4.79 Å². The Morgan fingerprint density at radius 1 is 1.62 bits per heavy atom. The minimum Gasteiger partial charge on any atom is -0.368 e. The summed E-state index contributed by atoms with van der Waals surface area (Å²) in [5.74, 6) is -1.83. The van der Waals surface area contributed by atoms with Gasteiger partial charge in [-0.05, 0) is 24.6 Å². The van der Waals surface area contributed by atoms with E-state index >= 15 is 0 Å². The van der Waals surface area contributed by atoms with Gasteiger partial charge in [0.15, 0.2) is 5.92 Å². The lowest BCUT2D eigenvalue weighted by atomic mass is 10.1. The Hall–Kier alpha value is -1.93. The van der Waals surface area contributed by atoms with Crippen LogP contribution in [0.25, 0.3) is 0 Å². The maximum atomic E-state index is 10.9. The van der Waals surface area contributed by atoms with Crippen molar-refractivity contribution < 1.29 is 4.79 Å². The van der Waals surface area contributed by atoms with Gasteiger partial charge < -0.3 is 11.1 Å². The molecule has 1 rings (SSSR count). The highest BCUT2D eigenvalue weighted by atomic mass is 32.1. The molecule has 16 heavy (non-hydrogen) atoms. The molecule has 0 saturated heterocycles. The summed E-state index contributed by atoms with van der Waals surface area (Å²) in [4.78, 5) is 11.0. The number of rotatable bonds is 3. The topological polar surface area (TPSA) is 78.9 Å². The number of nitrogens with two attached hydrogens (primary N) is 1. The molecule has 0 bridgehead atoms. The number of carbonyl (C=O) groups is 1. The Bertz CT molecular complexity index is 465. The molecule has 3 N–H and O–H groups in total. The van der Waals surface area contributed by atoms with Crippen molar-refractivity contribution in [3.63, 3.8) is 0 Å². The molecular weight excluding hydrogens is 222 g/mol. The number of amides is 1. The zero-order valence-corrected chi connectivity index (χ0v) is 9.54. The molecule has 0 heterocycles. The van der Waals surface area contributed by atoms with Crippen LogP contribution in [0.3, 0.4) is 0 Å². The number of anilines is 1. The second kappa shape index (κ2) is 5.24. The molecule has 5 heteroatoms. The van der Waals surface area contributed by atoms with E-state index in [9.17, 15) is 4.79 Å². The molecule has 4 nitrogen and oxygen atoms in total. The van der Waals surface area contributed by atoms with E-state index in [-0.39, 0.29) is 4.99 Å². The third-order valence-electron chi connectivity index (χ3n) is 1.96. The Kier molecular flexibility index (Phi) is 3.97. The molecule has 0 radical (unpaired) electrons. The summed E-state index contributed by atoms with van der Waals surface area (Å²) < 4.78 is 0. The first kappa shape index (κ1) is 12.1. The quantitative estimate of drug-likeness (QED) is 0.773. The molecule has 0 aliphatic heterocycles. The smallest absolute Gasteiger partial charge is 0.241 e. The van der Waals surface area contributed by atoms with Crippen molar-refractivity contribution in [1.29, 1.82) is 5.26 Å². The maximum Gasteiger partial charge on any atom is 0.241 e. The van der Waals surface area contributed by atoms with Crippen LogP contribution in [0.15, 0.2) is 24.3 Å². The predicted octanol–water partition coefficient (Wildman–Crippen LogP) is 1.36. The highest BCUT2D eigenvalue weighted by Gasteiger charge is 2.19. The number of primary amides is 1. The van der Waals surface area contributed by atoms with E-state index in [1.165, 1.54) is 0 Å². The Morgan fingerprint density at radius 2 is 2.31 bits per heavy atom. The first-order valence-corrected chi connectivity index (χ1v) is 5.02. The van der Waals surface area contributed by atoms with Crippen molar-refractivity contribution >= 4 is 28.8 Å². The summed E-state index contributed by atoms with van der Waals surface area (Å²) in [7, 11) is 0. The summed E-state index contributed by atoms with van der Waals surface area (Å²) in [5, 5.41) is 11.5. The van der Waals surface area contributed by atoms with Crippen molar-refractivity contribution in [3.05, 3.63) is 29.8 Å². The minimum atomic E-state index is -1.09. The fourth-order valence-electron chi connectivity index (χ4n) is 1.19. The van der Waals surface area contributed by atoms with Crippen LogP contribution in [0.2, 0.25) is 0 Å². The van der Waals surface area contributed by atoms with E-state index in [4.69, 9.17) is 23.2 Å². The van der Waals surface area contributed by atoms with Crippen LogP contribution in [0.5, 0.6) is 0 Å². The van der Waals surface area contributed by atoms with Crippen LogP contribution in [-0.4, -0.2) is 10.9 Å². The van der Waals surface area contributed by atoms with Gasteiger partial charge in [0.25, 0.3) is 0 Å². The van der Waals surface area contributed by atoms with Crippen molar-refractivity contribution in [1.82, 2.24) is 0 Å². The van der Waals surface area contributed by atoms with Crippen LogP contribution in [0.4, 0.5) is 5.69 Å². The third-order valence-corrected chi connectivity index (χ3v) is 2.30. The van der Waals surface area contributed by atoms with Crippen molar-refractivity contribution in [3.8, 4) is 6.07 Å². The Balaban J connectivity index is 2.79. The van der Waals surface area contributed by atoms with Crippen LogP contribution >= 0.6 is 12.2 Å². The van der Waals surface area contributed by atoms with Gasteiger partial charge in [0, 0.05) is 5.69 Å². The first-order chi connectivity index (χ1) is 7.54. The Labute approximate surface area is 99.1 Å². The van der Waals surface area contributed by atoms with E-state index in [2.05, 4.69) is 5.32 Å². The van der Waals surface area contributed by atoms with E-state index in [1.54, 1.807) is 12.1 Å². The average molecular weight is 233 g/mol. The molecule has 0 spiro atoms. The maximum absolute atomic E-state index is 10.9. The number of thiocarbonyl (C=S) groups is 1. The van der Waals surface area contributed by atoms with Gasteiger partial charge in [-0.3, -0.25) is 4.79 Å². The highest BCUT2D eigenvalue weighted by molar-refractivity contribution is 7.80. The summed E-state index contributed by atoms with van der Waals surface area (Å²) in [6.07, 6.45) is 0. The molecule has 1 unspecified atom stereocenters. The average Bonchev–Trinajstić information content (AvgIpc) is 2.17. The van der Waals surface area contributed by atoms with E-state index in [0.717, 1.165) is 11.3 Å². The van der Waals surface area contributed by atoms with Crippen LogP contribution in [0, 0.1) is 24.2 Å². The summed E-state index contributed by atoms with van der Waals surface area (Å²) in [5.41, 5.74) is 6.84. The molecule has 1 aromatic rings. The standard InChI is InChI=1S/C11H11N3OS/c1-7-3-2-4-8(5-7)14-11(16)9(6-12)10(13)15/h2-5,9H,1H3,(H2,13,15)(H,14,16). The number of nitrogens with zero attached hydrogens (tertiary/aromatic N) is 1. The molecule has 0 aliphatic rings. The number of carbonyl (C=O) groups excluding carboxylic acids is 1. The monoisotopic (exact) mass is 233 g/mol.